The first-order valence-electron chi connectivity index (χ1n) is 11.9. The van der Waals surface area contributed by atoms with Gasteiger partial charge in [-0.25, -0.2) is 0 Å². The normalized spacial score (nSPS) is 11.0. The molecule has 0 aliphatic rings. The van der Waals surface area contributed by atoms with E-state index in [1.165, 1.54) is 0 Å². The Morgan fingerprint density at radius 1 is 0.750 bits per heavy atom. The minimum absolute atomic E-state index is 0.0487. The van der Waals surface area contributed by atoms with Crippen LogP contribution in [-0.2, 0) is 0 Å². The summed E-state index contributed by atoms with van der Waals surface area (Å²) in [7, 11) is 0. The topological polar surface area (TPSA) is 56.5 Å². The molecule has 178 valence electrons. The first-order chi connectivity index (χ1) is 17.4. The maximum Gasteiger partial charge on any atom is 0.235 e. The number of hydrogen-bond donors (Lipinski definition) is 0. The Morgan fingerprint density at radius 3 is 2.08 bits per heavy atom. The lowest BCUT2D eigenvalue weighted by atomic mass is 10.0. The van der Waals surface area contributed by atoms with Crippen LogP contribution in [0.1, 0.15) is 27.0 Å². The second-order valence-electron chi connectivity index (χ2n) is 9.07. The van der Waals surface area contributed by atoms with Crippen molar-refractivity contribution in [3.05, 3.63) is 123 Å². The number of rotatable bonds is 6. The van der Waals surface area contributed by atoms with Gasteiger partial charge in [-0.15, -0.1) is 0 Å². The number of hydrogen-bond acceptors (Lipinski definition) is 4. The molecule has 0 N–H and O–H groups in total. The van der Waals surface area contributed by atoms with E-state index in [0.717, 1.165) is 27.8 Å². The van der Waals surface area contributed by atoms with Gasteiger partial charge in [0.25, 0.3) is 0 Å². The lowest BCUT2D eigenvalue weighted by Crippen LogP contribution is -2.17. The van der Waals surface area contributed by atoms with Crippen molar-refractivity contribution in [3.63, 3.8) is 0 Å². The molecule has 0 unspecified atom stereocenters. The van der Waals surface area contributed by atoms with Gasteiger partial charge >= 0.3 is 0 Å². The van der Waals surface area contributed by atoms with Gasteiger partial charge in [0.2, 0.25) is 11.2 Å². The van der Waals surface area contributed by atoms with E-state index in [-0.39, 0.29) is 23.6 Å². The molecule has 1 aromatic heterocycles. The van der Waals surface area contributed by atoms with E-state index in [4.69, 9.17) is 9.15 Å². The molecule has 0 amide bonds. The number of fused-ring (bicyclic) bond motifs is 1. The number of ether oxygens (including phenoxy) is 1. The van der Waals surface area contributed by atoms with E-state index < -0.39 is 0 Å². The van der Waals surface area contributed by atoms with Gasteiger partial charge in [0.1, 0.15) is 5.58 Å². The second kappa shape index (κ2) is 9.67. The van der Waals surface area contributed by atoms with Crippen molar-refractivity contribution in [2.75, 3.05) is 6.61 Å². The summed E-state index contributed by atoms with van der Waals surface area (Å²) in [5.41, 5.74) is 6.45. The van der Waals surface area contributed by atoms with E-state index in [0.29, 0.717) is 27.9 Å². The monoisotopic (exact) mass is 474 g/mol. The van der Waals surface area contributed by atoms with Crippen molar-refractivity contribution in [2.24, 2.45) is 0 Å². The zero-order valence-corrected chi connectivity index (χ0v) is 20.5. The smallest absolute Gasteiger partial charge is 0.235 e. The van der Waals surface area contributed by atoms with Crippen LogP contribution in [0.3, 0.4) is 0 Å². The highest BCUT2D eigenvalue weighted by molar-refractivity contribution is 5.98. The highest BCUT2D eigenvalue weighted by Gasteiger charge is 2.20. The molecule has 36 heavy (non-hydrogen) atoms. The van der Waals surface area contributed by atoms with Gasteiger partial charge in [-0.1, -0.05) is 90.5 Å². The number of aryl methyl sites for hydroxylation is 3. The Morgan fingerprint density at radius 2 is 1.39 bits per heavy atom. The maximum atomic E-state index is 13.6. The third kappa shape index (κ3) is 4.58. The molecule has 4 heteroatoms. The Labute approximate surface area is 209 Å². The molecule has 0 saturated heterocycles. The van der Waals surface area contributed by atoms with Crippen molar-refractivity contribution >= 4 is 16.8 Å². The molecule has 1 heterocycles. The van der Waals surface area contributed by atoms with Gasteiger partial charge in [-0.05, 0) is 49.1 Å². The first kappa shape index (κ1) is 23.3. The highest BCUT2D eigenvalue weighted by Crippen LogP contribution is 2.32. The van der Waals surface area contributed by atoms with Crippen LogP contribution in [0.25, 0.3) is 33.4 Å². The third-order valence-electron chi connectivity index (χ3n) is 6.27. The standard InChI is InChI=1S/C32H26O4/c1-20-9-11-26(12-10-20)31-32(30(34)29-22(3)17-21(2)18-28(29)36-31)35-19-27(33)25-15-13-24(14-16-25)23-7-5-4-6-8-23/h4-18H,19H2,1-3H3. The lowest BCUT2D eigenvalue weighted by molar-refractivity contribution is 0.0920. The number of ketones is 1. The predicted octanol–water partition coefficient (Wildman–Crippen LogP) is 7.31. The van der Waals surface area contributed by atoms with Crippen LogP contribution < -0.4 is 10.2 Å². The third-order valence-corrected chi connectivity index (χ3v) is 6.27. The molecule has 5 aromatic rings. The summed E-state index contributed by atoms with van der Waals surface area (Å²) >= 11 is 0. The molecular formula is C32H26O4. The summed E-state index contributed by atoms with van der Waals surface area (Å²) < 4.78 is 12.1. The van der Waals surface area contributed by atoms with Gasteiger partial charge in [0.15, 0.2) is 18.2 Å². The lowest BCUT2D eigenvalue weighted by Gasteiger charge is -2.13. The Hall–Kier alpha value is -4.44. The van der Waals surface area contributed by atoms with Crippen molar-refractivity contribution in [1.29, 1.82) is 0 Å². The largest absolute Gasteiger partial charge is 0.478 e. The van der Waals surface area contributed by atoms with Crippen molar-refractivity contribution in [2.45, 2.75) is 20.8 Å². The molecule has 0 fully saturated rings. The van der Waals surface area contributed by atoms with E-state index in [1.54, 1.807) is 12.1 Å². The average Bonchev–Trinajstić information content (AvgIpc) is 2.88. The van der Waals surface area contributed by atoms with Crippen molar-refractivity contribution < 1.29 is 13.9 Å². The summed E-state index contributed by atoms with van der Waals surface area (Å²) in [5.74, 6) is 0.155. The maximum absolute atomic E-state index is 13.6. The summed E-state index contributed by atoms with van der Waals surface area (Å²) in [6.07, 6.45) is 0. The fourth-order valence-corrected chi connectivity index (χ4v) is 4.40. The molecular weight excluding hydrogens is 448 g/mol. The van der Waals surface area contributed by atoms with Gasteiger partial charge in [-0.3, -0.25) is 9.59 Å². The van der Waals surface area contributed by atoms with Crippen LogP contribution in [0.5, 0.6) is 5.75 Å². The fourth-order valence-electron chi connectivity index (χ4n) is 4.40. The summed E-state index contributed by atoms with van der Waals surface area (Å²) in [4.78, 5) is 26.6. The molecule has 0 spiro atoms. The molecule has 0 bridgehead atoms. The molecule has 0 aliphatic carbocycles. The Balaban J connectivity index is 1.49. The van der Waals surface area contributed by atoms with Gasteiger partial charge in [0, 0.05) is 11.1 Å². The van der Waals surface area contributed by atoms with Gasteiger partial charge in [0.05, 0.1) is 5.39 Å². The summed E-state index contributed by atoms with van der Waals surface area (Å²) in [6.45, 7) is 5.56. The number of benzene rings is 4. The molecule has 4 nitrogen and oxygen atoms in total. The fraction of sp³-hybridized carbons (Fsp3) is 0.125. The first-order valence-corrected chi connectivity index (χ1v) is 11.9. The molecule has 0 atom stereocenters. The number of carbonyl (C=O) groups is 1. The van der Waals surface area contributed by atoms with E-state index in [2.05, 4.69) is 0 Å². The summed E-state index contributed by atoms with van der Waals surface area (Å²) in [6, 6.07) is 28.8. The quantitative estimate of drug-likeness (QED) is 0.242. The molecule has 0 radical (unpaired) electrons. The zero-order chi connectivity index (χ0) is 25.2. The van der Waals surface area contributed by atoms with E-state index in [9.17, 15) is 9.59 Å². The van der Waals surface area contributed by atoms with Gasteiger partial charge in [-0.2, -0.15) is 0 Å². The zero-order valence-electron chi connectivity index (χ0n) is 20.5. The van der Waals surface area contributed by atoms with Crippen LogP contribution in [0, 0.1) is 20.8 Å². The molecule has 0 aliphatic heterocycles. The minimum atomic E-state index is -0.281. The van der Waals surface area contributed by atoms with Crippen molar-refractivity contribution in [3.8, 4) is 28.2 Å². The van der Waals surface area contributed by atoms with Crippen LogP contribution in [0.2, 0.25) is 0 Å². The second-order valence-corrected chi connectivity index (χ2v) is 9.07. The van der Waals surface area contributed by atoms with E-state index >= 15 is 0 Å². The molecule has 4 aromatic carbocycles. The summed E-state index contributed by atoms with van der Waals surface area (Å²) in [5, 5.41) is 0.464. The van der Waals surface area contributed by atoms with Crippen LogP contribution in [-0.4, -0.2) is 12.4 Å². The minimum Gasteiger partial charge on any atom is -0.478 e. The number of Topliss-reactive ketones (excluding diaryl/α,β-unsaturated/α-hetero) is 1. The molecule has 0 saturated carbocycles. The Bertz CT molecular complexity index is 1610. The molecule has 5 rings (SSSR count). The van der Waals surface area contributed by atoms with Crippen LogP contribution in [0.15, 0.2) is 100 Å². The van der Waals surface area contributed by atoms with Gasteiger partial charge < -0.3 is 9.15 Å². The SMILES string of the molecule is Cc1ccc(-c2oc3cc(C)cc(C)c3c(=O)c2OCC(=O)c2ccc(-c3ccccc3)cc2)cc1. The van der Waals surface area contributed by atoms with Crippen molar-refractivity contribution in [1.82, 2.24) is 0 Å². The number of carbonyl (C=O) groups excluding carboxylic acids is 1. The average molecular weight is 475 g/mol. The Kier molecular flexibility index (Phi) is 6.26. The van der Waals surface area contributed by atoms with E-state index in [1.807, 2.05) is 99.6 Å². The highest BCUT2D eigenvalue weighted by atomic mass is 16.5. The van der Waals surface area contributed by atoms with Crippen LogP contribution >= 0.6 is 0 Å². The predicted molar refractivity (Wildman–Crippen MR) is 144 cm³/mol. The van der Waals surface area contributed by atoms with Crippen LogP contribution in [0.4, 0.5) is 0 Å².